The van der Waals surface area contributed by atoms with Crippen LogP contribution in [0.1, 0.15) is 26.3 Å². The van der Waals surface area contributed by atoms with Crippen molar-refractivity contribution in [1.29, 1.82) is 0 Å². The third kappa shape index (κ3) is 4.16. The van der Waals surface area contributed by atoms with Crippen LogP contribution in [-0.4, -0.2) is 48.0 Å². The normalized spacial score (nSPS) is 13.1. The highest BCUT2D eigenvalue weighted by Gasteiger charge is 2.29. The summed E-state index contributed by atoms with van der Waals surface area (Å²) in [5.74, 6) is -0.874. The summed E-state index contributed by atoms with van der Waals surface area (Å²) in [7, 11) is 3.95. The van der Waals surface area contributed by atoms with E-state index in [4.69, 9.17) is 0 Å². The molecule has 2 rings (SSSR count). The van der Waals surface area contributed by atoms with Crippen molar-refractivity contribution in [3.05, 3.63) is 34.9 Å². The van der Waals surface area contributed by atoms with Crippen LogP contribution in [0.2, 0.25) is 0 Å². The van der Waals surface area contributed by atoms with Gasteiger partial charge in [0.25, 0.3) is 0 Å². The van der Waals surface area contributed by atoms with Crippen molar-refractivity contribution in [2.75, 3.05) is 19.0 Å². The molecule has 0 aliphatic heterocycles. The minimum atomic E-state index is -0.969. The van der Waals surface area contributed by atoms with Crippen LogP contribution in [0.4, 0.5) is 5.69 Å². The number of carbonyl (C=O) groups is 1. The van der Waals surface area contributed by atoms with Gasteiger partial charge in [0, 0.05) is 47.4 Å². The van der Waals surface area contributed by atoms with E-state index in [0.29, 0.717) is 5.70 Å². The van der Waals surface area contributed by atoms with Gasteiger partial charge in [0.1, 0.15) is 11.1 Å². The molecule has 0 saturated carbocycles. The number of thioether (sulfide) groups is 1. The SMILES string of the molecule is C=NC=N/C(=C(\C)SC(C)(C)C(=O)O)c1cc(N(C)C)cc2[nH]ccc12. The molecule has 0 saturated heterocycles. The number of hydrogen-bond acceptors (Lipinski definition) is 4. The zero-order valence-corrected chi connectivity index (χ0v) is 16.5. The smallest absolute Gasteiger partial charge is 0.319 e. The molecule has 0 aliphatic carbocycles. The molecule has 2 N–H and O–H groups in total. The van der Waals surface area contributed by atoms with E-state index in [0.717, 1.165) is 27.1 Å². The number of allylic oxidation sites excluding steroid dienone is 1. The van der Waals surface area contributed by atoms with Crippen LogP contribution in [0.5, 0.6) is 0 Å². The summed E-state index contributed by atoms with van der Waals surface area (Å²) in [6.45, 7) is 8.69. The number of rotatable bonds is 7. The summed E-state index contributed by atoms with van der Waals surface area (Å²) in [5, 5.41) is 10.5. The van der Waals surface area contributed by atoms with Gasteiger partial charge in [-0.2, -0.15) is 0 Å². The summed E-state index contributed by atoms with van der Waals surface area (Å²) in [6, 6.07) is 6.10. The Kier molecular flexibility index (Phi) is 5.92. The van der Waals surface area contributed by atoms with E-state index in [1.165, 1.54) is 18.1 Å². The summed E-state index contributed by atoms with van der Waals surface area (Å²) in [6.07, 6.45) is 3.26. The molecular formula is C19H24N4O2S. The van der Waals surface area contributed by atoms with Crippen LogP contribution in [0.25, 0.3) is 16.6 Å². The number of anilines is 1. The predicted octanol–water partition coefficient (Wildman–Crippen LogP) is 4.25. The fourth-order valence-corrected chi connectivity index (χ4v) is 3.64. The number of nitrogens with zero attached hydrogens (tertiary/aromatic N) is 3. The van der Waals surface area contributed by atoms with Gasteiger partial charge in [-0.05, 0) is 45.7 Å². The maximum absolute atomic E-state index is 11.5. The number of aliphatic imine (C=N–C) groups is 2. The molecular weight excluding hydrogens is 348 g/mol. The summed E-state index contributed by atoms with van der Waals surface area (Å²) in [5.41, 5.74) is 3.61. The summed E-state index contributed by atoms with van der Waals surface area (Å²) in [4.78, 5) is 25.8. The number of aromatic nitrogens is 1. The van der Waals surface area contributed by atoms with Gasteiger partial charge in [-0.15, -0.1) is 11.8 Å². The van der Waals surface area contributed by atoms with E-state index in [-0.39, 0.29) is 0 Å². The number of hydrogen-bond donors (Lipinski definition) is 2. The van der Waals surface area contributed by atoms with Crippen LogP contribution in [0.15, 0.2) is 39.3 Å². The fraction of sp³-hybridized carbons (Fsp3) is 0.316. The largest absolute Gasteiger partial charge is 0.480 e. The van der Waals surface area contributed by atoms with Crippen LogP contribution in [0.3, 0.4) is 0 Å². The highest BCUT2D eigenvalue weighted by Crippen LogP contribution is 2.39. The molecule has 1 aromatic carbocycles. The Bertz CT molecular complexity index is 894. The van der Waals surface area contributed by atoms with Crippen LogP contribution >= 0.6 is 11.8 Å². The van der Waals surface area contributed by atoms with Crippen molar-refractivity contribution in [3.8, 4) is 0 Å². The Labute approximate surface area is 157 Å². The van der Waals surface area contributed by atoms with Crippen molar-refractivity contribution < 1.29 is 9.90 Å². The van der Waals surface area contributed by atoms with Crippen molar-refractivity contribution in [2.24, 2.45) is 9.98 Å². The molecule has 0 amide bonds. The lowest BCUT2D eigenvalue weighted by Gasteiger charge is -2.21. The maximum Gasteiger partial charge on any atom is 0.319 e. The number of aliphatic carboxylic acids is 1. The van der Waals surface area contributed by atoms with Gasteiger partial charge in [-0.25, -0.2) is 4.99 Å². The first kappa shape index (κ1) is 19.8. The van der Waals surface area contributed by atoms with Crippen molar-refractivity contribution in [2.45, 2.75) is 25.5 Å². The number of nitrogens with one attached hydrogen (secondary N) is 1. The average molecular weight is 372 g/mol. The Balaban J connectivity index is 2.71. The topological polar surface area (TPSA) is 81.0 Å². The van der Waals surface area contributed by atoms with Gasteiger partial charge in [0.15, 0.2) is 0 Å². The second-order valence-electron chi connectivity index (χ2n) is 6.58. The van der Waals surface area contributed by atoms with E-state index in [1.54, 1.807) is 13.8 Å². The molecule has 1 aromatic heterocycles. The van der Waals surface area contributed by atoms with E-state index in [2.05, 4.69) is 27.8 Å². The van der Waals surface area contributed by atoms with E-state index in [1.807, 2.05) is 44.2 Å². The van der Waals surface area contributed by atoms with Gasteiger partial charge in [-0.1, -0.05) is 0 Å². The first-order valence-electron chi connectivity index (χ1n) is 8.08. The molecule has 0 spiro atoms. The lowest BCUT2D eigenvalue weighted by Crippen LogP contribution is -2.27. The molecule has 0 unspecified atom stereocenters. The first-order chi connectivity index (χ1) is 12.2. The Morgan fingerprint density at radius 2 is 2.08 bits per heavy atom. The quantitative estimate of drug-likeness (QED) is 0.562. The number of carboxylic acids is 1. The molecule has 0 fully saturated rings. The molecule has 2 aromatic rings. The summed E-state index contributed by atoms with van der Waals surface area (Å²) >= 11 is 1.27. The van der Waals surface area contributed by atoms with Crippen LogP contribution in [-0.2, 0) is 4.79 Å². The highest BCUT2D eigenvalue weighted by molar-refractivity contribution is 8.05. The molecule has 138 valence electrons. The van der Waals surface area contributed by atoms with Gasteiger partial charge in [-0.3, -0.25) is 9.79 Å². The summed E-state index contributed by atoms with van der Waals surface area (Å²) < 4.78 is -0.969. The molecule has 7 heteroatoms. The highest BCUT2D eigenvalue weighted by atomic mass is 32.2. The Morgan fingerprint density at radius 3 is 2.65 bits per heavy atom. The predicted molar refractivity (Wildman–Crippen MR) is 113 cm³/mol. The lowest BCUT2D eigenvalue weighted by atomic mass is 10.1. The molecule has 0 bridgehead atoms. The van der Waals surface area contributed by atoms with Crippen LogP contribution < -0.4 is 4.90 Å². The van der Waals surface area contributed by atoms with Crippen molar-refractivity contribution >= 4 is 53.1 Å². The van der Waals surface area contributed by atoms with Gasteiger partial charge in [0.05, 0.1) is 5.70 Å². The van der Waals surface area contributed by atoms with E-state index < -0.39 is 10.7 Å². The zero-order chi connectivity index (χ0) is 19.5. The van der Waals surface area contributed by atoms with Gasteiger partial charge >= 0.3 is 5.97 Å². The molecule has 26 heavy (non-hydrogen) atoms. The second kappa shape index (κ2) is 7.78. The molecule has 0 aliphatic rings. The first-order valence-corrected chi connectivity index (χ1v) is 8.89. The standard InChI is InChI=1S/C19H24N4O2S/c1-12(26-19(2,3)18(24)25)17(22-11-20-4)15-9-13(23(5)6)10-16-14(15)7-8-21-16/h7-11,21H,4H2,1-3,5-6H3,(H,24,25)/b17-12+,22-11?. The number of H-pyrrole nitrogens is 1. The third-order valence-electron chi connectivity index (χ3n) is 3.95. The molecule has 1 heterocycles. The van der Waals surface area contributed by atoms with Crippen molar-refractivity contribution in [1.82, 2.24) is 4.98 Å². The minimum Gasteiger partial charge on any atom is -0.480 e. The Morgan fingerprint density at radius 1 is 1.38 bits per heavy atom. The van der Waals surface area contributed by atoms with Crippen LogP contribution in [0, 0.1) is 0 Å². The maximum atomic E-state index is 11.5. The van der Waals surface area contributed by atoms with Crippen molar-refractivity contribution in [3.63, 3.8) is 0 Å². The monoisotopic (exact) mass is 372 g/mol. The molecule has 6 nitrogen and oxygen atoms in total. The lowest BCUT2D eigenvalue weighted by molar-refractivity contribution is -0.138. The fourth-order valence-electron chi connectivity index (χ4n) is 2.53. The van der Waals surface area contributed by atoms with Gasteiger partial charge in [0.2, 0.25) is 0 Å². The van der Waals surface area contributed by atoms with E-state index >= 15 is 0 Å². The number of carboxylic acid groups (broad SMARTS) is 1. The molecule has 0 radical (unpaired) electrons. The number of benzene rings is 1. The van der Waals surface area contributed by atoms with E-state index in [9.17, 15) is 9.90 Å². The number of fused-ring (bicyclic) bond motifs is 1. The average Bonchev–Trinajstić information content (AvgIpc) is 3.02. The minimum absolute atomic E-state index is 0.685. The second-order valence-corrected chi connectivity index (χ2v) is 8.41. The third-order valence-corrected chi connectivity index (χ3v) is 5.13. The van der Waals surface area contributed by atoms with Gasteiger partial charge < -0.3 is 15.0 Å². The number of aromatic amines is 1. The zero-order valence-electron chi connectivity index (χ0n) is 15.7. The molecule has 0 atom stereocenters. The Hall–Kier alpha value is -2.54.